The second-order valence-corrected chi connectivity index (χ2v) is 9.08. The molecule has 0 atom stereocenters. The summed E-state index contributed by atoms with van der Waals surface area (Å²) >= 11 is 0. The predicted molar refractivity (Wildman–Crippen MR) is 108 cm³/mol. The van der Waals surface area contributed by atoms with Crippen molar-refractivity contribution in [2.75, 3.05) is 26.8 Å². The fourth-order valence-electron chi connectivity index (χ4n) is 2.58. The normalized spacial score (nSPS) is 18.4. The molecule has 9 heteroatoms. The number of likely N-dealkylation sites (N-methyl/N-ethyl adjacent to an activating group) is 1. The number of ether oxygens (including phenoxy) is 2. The molecule has 1 saturated heterocycles. The topological polar surface area (TPSA) is 75.0 Å². The van der Waals surface area contributed by atoms with Gasteiger partial charge in [0, 0.05) is 19.8 Å². The van der Waals surface area contributed by atoms with Gasteiger partial charge < -0.3 is 23.7 Å². The molecule has 0 aliphatic carbocycles. The van der Waals surface area contributed by atoms with E-state index in [1.165, 1.54) is 4.90 Å². The maximum absolute atomic E-state index is 11.9. The molecule has 0 unspecified atom stereocenters. The molecular formula is C19H34BN3O5. The molecule has 0 radical (unpaired) electrons. The van der Waals surface area contributed by atoms with Crippen molar-refractivity contribution in [1.82, 2.24) is 14.7 Å². The molecule has 1 aromatic heterocycles. The Morgan fingerprint density at radius 3 is 2.39 bits per heavy atom. The fourth-order valence-corrected chi connectivity index (χ4v) is 2.58. The van der Waals surface area contributed by atoms with Crippen LogP contribution in [0.25, 0.3) is 0 Å². The molecule has 158 valence electrons. The first kappa shape index (κ1) is 22.7. The molecule has 0 bridgehead atoms. The van der Waals surface area contributed by atoms with E-state index < -0.39 is 23.9 Å². The van der Waals surface area contributed by atoms with Crippen LogP contribution in [0.5, 0.6) is 0 Å². The number of nitrogens with zero attached hydrogens (tertiary/aromatic N) is 3. The quantitative estimate of drug-likeness (QED) is 0.520. The molecule has 1 amide bonds. The summed E-state index contributed by atoms with van der Waals surface area (Å²) in [7, 11) is 1.24. The maximum Gasteiger partial charge on any atom is 0.514 e. The molecule has 1 aliphatic heterocycles. The first-order valence-electron chi connectivity index (χ1n) is 9.72. The molecule has 0 saturated carbocycles. The molecule has 0 aromatic carbocycles. The summed E-state index contributed by atoms with van der Waals surface area (Å²) < 4.78 is 25.0. The van der Waals surface area contributed by atoms with Crippen molar-refractivity contribution >= 4 is 18.8 Å². The van der Waals surface area contributed by atoms with Crippen molar-refractivity contribution in [3.05, 3.63) is 12.3 Å². The highest BCUT2D eigenvalue weighted by molar-refractivity contribution is 6.61. The summed E-state index contributed by atoms with van der Waals surface area (Å²) in [5.41, 5.74) is -0.422. The zero-order valence-corrected chi connectivity index (χ0v) is 18.4. The van der Waals surface area contributed by atoms with Gasteiger partial charge in [-0.2, -0.15) is 5.10 Å². The number of hydrogen-bond donors (Lipinski definition) is 0. The van der Waals surface area contributed by atoms with Crippen molar-refractivity contribution in [3.8, 4) is 0 Å². The summed E-state index contributed by atoms with van der Waals surface area (Å²) in [5.74, 6) is 0. The van der Waals surface area contributed by atoms with Gasteiger partial charge in [0.15, 0.2) is 0 Å². The van der Waals surface area contributed by atoms with Gasteiger partial charge >= 0.3 is 13.2 Å². The van der Waals surface area contributed by atoms with Crippen molar-refractivity contribution in [3.63, 3.8) is 0 Å². The third-order valence-corrected chi connectivity index (χ3v) is 4.97. The number of aromatic nitrogens is 2. The lowest BCUT2D eigenvalue weighted by molar-refractivity contribution is 0.00578. The Kier molecular flexibility index (Phi) is 6.84. The average molecular weight is 395 g/mol. The van der Waals surface area contributed by atoms with Crippen LogP contribution in [0, 0.1) is 0 Å². The molecule has 0 N–H and O–H groups in total. The van der Waals surface area contributed by atoms with Crippen LogP contribution in [0.1, 0.15) is 48.5 Å². The Labute approximate surface area is 168 Å². The first-order valence-corrected chi connectivity index (χ1v) is 9.72. The summed E-state index contributed by atoms with van der Waals surface area (Å²) in [6, 6.07) is 1.90. The molecule has 8 nitrogen and oxygen atoms in total. The highest BCUT2D eigenvalue weighted by Gasteiger charge is 2.52. The van der Waals surface area contributed by atoms with Crippen LogP contribution in [-0.2, 0) is 25.3 Å². The van der Waals surface area contributed by atoms with E-state index in [0.29, 0.717) is 26.3 Å². The lowest BCUT2D eigenvalue weighted by atomic mass is 9.85. The van der Waals surface area contributed by atoms with Gasteiger partial charge in [-0.05, 0) is 54.5 Å². The van der Waals surface area contributed by atoms with Crippen LogP contribution >= 0.6 is 0 Å². The van der Waals surface area contributed by atoms with E-state index in [0.717, 1.165) is 5.59 Å². The van der Waals surface area contributed by atoms with E-state index in [4.69, 9.17) is 18.8 Å². The van der Waals surface area contributed by atoms with Crippen LogP contribution in [0.15, 0.2) is 12.3 Å². The van der Waals surface area contributed by atoms with E-state index >= 15 is 0 Å². The summed E-state index contributed by atoms with van der Waals surface area (Å²) in [6.45, 7) is 15.6. The summed E-state index contributed by atoms with van der Waals surface area (Å²) in [5, 5.41) is 4.35. The minimum Gasteiger partial charge on any atom is -0.444 e. The highest BCUT2D eigenvalue weighted by atomic mass is 16.7. The minimum atomic E-state index is -0.504. The zero-order valence-electron chi connectivity index (χ0n) is 18.4. The van der Waals surface area contributed by atoms with Gasteiger partial charge in [0.25, 0.3) is 0 Å². The Hall–Kier alpha value is -1.58. The highest BCUT2D eigenvalue weighted by Crippen LogP contribution is 2.36. The SMILES string of the molecule is CN(CCOCCn1nccc1B1OC(C)(C)C(C)(C)O1)C(=O)OC(C)(C)C. The number of amides is 1. The maximum atomic E-state index is 11.9. The van der Waals surface area contributed by atoms with Gasteiger partial charge in [-0.1, -0.05) is 0 Å². The van der Waals surface area contributed by atoms with E-state index in [1.807, 2.05) is 59.2 Å². The third-order valence-electron chi connectivity index (χ3n) is 4.97. The number of rotatable bonds is 7. The van der Waals surface area contributed by atoms with E-state index in [1.54, 1.807) is 13.2 Å². The monoisotopic (exact) mass is 395 g/mol. The molecule has 1 aliphatic rings. The molecule has 2 rings (SSSR count). The smallest absolute Gasteiger partial charge is 0.444 e. The van der Waals surface area contributed by atoms with E-state index in [2.05, 4.69) is 5.10 Å². The van der Waals surface area contributed by atoms with E-state index in [9.17, 15) is 4.79 Å². The van der Waals surface area contributed by atoms with Crippen LogP contribution in [0.3, 0.4) is 0 Å². The van der Waals surface area contributed by atoms with Gasteiger partial charge in [-0.25, -0.2) is 4.79 Å². The average Bonchev–Trinajstić information content (AvgIpc) is 3.07. The fraction of sp³-hybridized carbons (Fsp3) is 0.789. The minimum absolute atomic E-state index is 0.355. The Morgan fingerprint density at radius 2 is 1.82 bits per heavy atom. The lowest BCUT2D eigenvalue weighted by Gasteiger charge is -2.32. The number of hydrogen-bond acceptors (Lipinski definition) is 6. The van der Waals surface area contributed by atoms with Gasteiger partial charge in [0.1, 0.15) is 5.60 Å². The van der Waals surface area contributed by atoms with Crippen molar-refractivity contribution < 1.29 is 23.6 Å². The molecule has 2 heterocycles. The standard InChI is InChI=1S/C19H34BN3O5/c1-17(2,3)26-16(24)22(8)11-13-25-14-12-23-15(9-10-21-23)20-27-18(4,5)19(6,7)28-20/h9-10H,11-14H2,1-8H3. The molecule has 1 aromatic rings. The van der Waals surface area contributed by atoms with Gasteiger partial charge in [0.2, 0.25) is 0 Å². The largest absolute Gasteiger partial charge is 0.514 e. The Bertz CT molecular complexity index is 653. The van der Waals surface area contributed by atoms with Crippen LogP contribution < -0.4 is 5.59 Å². The second-order valence-electron chi connectivity index (χ2n) is 9.08. The van der Waals surface area contributed by atoms with Crippen molar-refractivity contribution in [2.45, 2.75) is 71.8 Å². The third kappa shape index (κ3) is 5.72. The van der Waals surface area contributed by atoms with Crippen LogP contribution in [0.2, 0.25) is 0 Å². The molecule has 0 spiro atoms. The van der Waals surface area contributed by atoms with E-state index in [-0.39, 0.29) is 6.09 Å². The van der Waals surface area contributed by atoms with Gasteiger partial charge in [-0.3, -0.25) is 4.68 Å². The molecular weight excluding hydrogens is 361 g/mol. The summed E-state index contributed by atoms with van der Waals surface area (Å²) in [4.78, 5) is 13.4. The van der Waals surface area contributed by atoms with Crippen molar-refractivity contribution in [2.24, 2.45) is 0 Å². The number of carbonyl (C=O) groups is 1. The number of carbonyl (C=O) groups excluding carboxylic acids is 1. The zero-order chi connectivity index (χ0) is 21.2. The summed E-state index contributed by atoms with van der Waals surface area (Å²) in [6.07, 6.45) is 1.38. The molecule has 28 heavy (non-hydrogen) atoms. The van der Waals surface area contributed by atoms with Crippen LogP contribution in [0.4, 0.5) is 4.79 Å². The Balaban J connectivity index is 1.77. The lowest BCUT2D eigenvalue weighted by Crippen LogP contribution is -2.41. The predicted octanol–water partition coefficient (Wildman–Crippen LogP) is 2.07. The molecule has 1 fully saturated rings. The van der Waals surface area contributed by atoms with Crippen LogP contribution in [-0.4, -0.2) is 71.5 Å². The Morgan fingerprint density at radius 1 is 1.21 bits per heavy atom. The van der Waals surface area contributed by atoms with Gasteiger partial charge in [0.05, 0.1) is 36.6 Å². The second kappa shape index (κ2) is 8.43. The van der Waals surface area contributed by atoms with Gasteiger partial charge in [-0.15, -0.1) is 0 Å². The first-order chi connectivity index (χ1) is 12.8. The van der Waals surface area contributed by atoms with Crippen molar-refractivity contribution in [1.29, 1.82) is 0 Å².